The van der Waals surface area contributed by atoms with Gasteiger partial charge >= 0.3 is 138 Å². The molecule has 0 aliphatic heterocycles. The number of aromatic hydroxyl groups is 1. The summed E-state index contributed by atoms with van der Waals surface area (Å²) in [5.41, 5.74) is 14.1. The number of aryl methyl sites for hydroxylation is 8. The first-order chi connectivity index (χ1) is 29.1. The van der Waals surface area contributed by atoms with E-state index in [9.17, 15) is 27.1 Å². The zero-order valence-electron chi connectivity index (χ0n) is 37.0. The van der Waals surface area contributed by atoms with Crippen molar-refractivity contribution in [3.05, 3.63) is 164 Å². The molecule has 0 fully saturated rings. The van der Waals surface area contributed by atoms with Gasteiger partial charge in [-0.1, -0.05) is 110 Å². The fourth-order valence-electron chi connectivity index (χ4n) is 7.26. The number of para-hydroxylation sites is 1. The molecule has 0 spiro atoms. The Morgan fingerprint density at radius 3 is 1.30 bits per heavy atom. The molecule has 61 heavy (non-hydrogen) atoms. The largest absolute Gasteiger partial charge is 0.665 e. The molecule has 9 heteroatoms. The standard InChI is InChI=1S/C30H38O.C10H12.C6F5N.C6H8N.Mo/c1-7-20-16-22(9-3)28(23(10-4)17-20)26-14-13-15-27(30(26)31)29-24(11-5)18-21(8-2)19-25(29)12-6;1-10(2,3)9-7-5-4-6-8-9;7-1-2(8)4(10)6(12)5(11)3(1)9;1-5-3-4-6(2)7-5;/h13-19,31H,7-12H2,1-6H3;1,4-8H,2-3H3;;3-4H,1-2H3;/q;;;-1;. The number of phenols is 1. The van der Waals surface area contributed by atoms with E-state index in [-0.39, 0.29) is 0 Å². The predicted molar refractivity (Wildman–Crippen MR) is 238 cm³/mol. The first-order valence-corrected chi connectivity index (χ1v) is 23.1. The molecular formula is C52H58F5MoN2O-. The minimum absolute atomic E-state index is 0.420. The van der Waals surface area contributed by atoms with Gasteiger partial charge in [0.05, 0.1) is 0 Å². The Morgan fingerprint density at radius 2 is 0.951 bits per heavy atom. The molecule has 324 valence electrons. The fraction of sp³-hybridized carbons (Fsp3) is 0.327. The van der Waals surface area contributed by atoms with E-state index >= 15 is 0 Å². The predicted octanol–water partition coefficient (Wildman–Crippen LogP) is 14.4. The number of aromatic nitrogens is 1. The van der Waals surface area contributed by atoms with Crippen LogP contribution in [-0.2, 0) is 61.9 Å². The van der Waals surface area contributed by atoms with Gasteiger partial charge in [0, 0.05) is 11.1 Å². The second-order valence-corrected chi connectivity index (χ2v) is 17.0. The van der Waals surface area contributed by atoms with E-state index in [1.807, 2.05) is 70.2 Å². The van der Waals surface area contributed by atoms with Crippen molar-refractivity contribution in [3.63, 3.8) is 0 Å². The summed E-state index contributed by atoms with van der Waals surface area (Å²) in [4.78, 5) is 4.11. The average molecular weight is 918 g/mol. The Labute approximate surface area is 367 Å². The zero-order chi connectivity index (χ0) is 45.0. The molecule has 0 saturated heterocycles. The van der Waals surface area contributed by atoms with Crippen LogP contribution in [0.5, 0.6) is 5.75 Å². The van der Waals surface area contributed by atoms with Crippen molar-refractivity contribution >= 4 is 10.1 Å². The van der Waals surface area contributed by atoms with Crippen molar-refractivity contribution in [2.45, 2.75) is 113 Å². The fourth-order valence-corrected chi connectivity index (χ4v) is 9.02. The molecule has 6 rings (SSSR count). The molecular weight excluding hydrogens is 860 g/mol. The van der Waals surface area contributed by atoms with Crippen LogP contribution in [0.25, 0.3) is 22.3 Å². The van der Waals surface area contributed by atoms with E-state index in [2.05, 4.69) is 92.5 Å². The smallest absolute Gasteiger partial charge is 0.131 e. The number of hydrogen-bond acceptors (Lipinski definition) is 2. The van der Waals surface area contributed by atoms with E-state index in [0.29, 0.717) is 5.75 Å². The van der Waals surface area contributed by atoms with Gasteiger partial charge in [-0.05, 0) is 83.0 Å². The summed E-state index contributed by atoms with van der Waals surface area (Å²) < 4.78 is 71.7. The molecule has 0 aliphatic carbocycles. The van der Waals surface area contributed by atoms with Gasteiger partial charge in [-0.15, -0.1) is 0 Å². The van der Waals surface area contributed by atoms with Crippen LogP contribution in [-0.4, -0.2) is 9.51 Å². The number of halogens is 5. The quantitative estimate of drug-likeness (QED) is 0.0609. The monoisotopic (exact) mass is 919 g/mol. The van der Waals surface area contributed by atoms with E-state index < -0.39 is 58.1 Å². The van der Waals surface area contributed by atoms with Crippen molar-refractivity contribution in [1.29, 1.82) is 0 Å². The van der Waals surface area contributed by atoms with E-state index in [1.165, 1.54) is 44.5 Å². The van der Waals surface area contributed by atoms with E-state index in [1.54, 1.807) is 4.40 Å². The van der Waals surface area contributed by atoms with Gasteiger partial charge in [0.2, 0.25) is 0 Å². The summed E-state index contributed by atoms with van der Waals surface area (Å²) in [6, 6.07) is 29.0. The van der Waals surface area contributed by atoms with Crippen LogP contribution in [0.1, 0.15) is 106 Å². The van der Waals surface area contributed by atoms with Crippen molar-refractivity contribution in [2.24, 2.45) is 3.50 Å². The van der Waals surface area contributed by atoms with Crippen LogP contribution in [0, 0.1) is 42.9 Å². The normalized spacial score (nSPS) is 11.0. The van der Waals surface area contributed by atoms with Gasteiger partial charge in [0.1, 0.15) is 5.75 Å². The van der Waals surface area contributed by atoms with Gasteiger partial charge in [-0.25, -0.2) is 0 Å². The summed E-state index contributed by atoms with van der Waals surface area (Å²) in [7, 11) is 0. The van der Waals surface area contributed by atoms with Crippen LogP contribution in [0.15, 0.2) is 88.4 Å². The molecule has 0 radical (unpaired) electrons. The van der Waals surface area contributed by atoms with Crippen LogP contribution in [0.2, 0.25) is 0 Å². The molecule has 5 aromatic carbocycles. The minimum atomic E-state index is -2.17. The maximum atomic E-state index is 13.5. The van der Waals surface area contributed by atoms with Gasteiger partial charge in [-0.3, -0.25) is 0 Å². The number of benzene rings is 5. The molecule has 1 aromatic heterocycles. The topological polar surface area (TPSA) is 46.7 Å². The van der Waals surface area contributed by atoms with Gasteiger partial charge in [0.15, 0.2) is 0 Å². The zero-order valence-corrected chi connectivity index (χ0v) is 39.0. The summed E-state index contributed by atoms with van der Waals surface area (Å²) in [6.07, 6.45) is 5.93. The Kier molecular flexibility index (Phi) is 17.9. The Hall–Kier alpha value is -4.81. The third-order valence-corrected chi connectivity index (χ3v) is 13.2. The minimum Gasteiger partial charge on any atom is -0.665 e. The third kappa shape index (κ3) is 11.8. The second kappa shape index (κ2) is 22.3. The molecule has 3 nitrogen and oxygen atoms in total. The molecule has 0 saturated carbocycles. The SMILES string of the molecule is CC(C)([CH]=[Mo]=[N]c1c(F)c(F)c(F)c(F)c1F)c1ccccc1.CCc1cc(CC)c(-c2cccc(-c3c(CC)cc(CC)cc3CC)c2O)c(CC)c1.Cc1ccc(C)[n-]1. The summed E-state index contributed by atoms with van der Waals surface area (Å²) in [5, 5.41) is 11.6. The first kappa shape index (κ1) is 48.9. The average Bonchev–Trinajstić information content (AvgIpc) is 3.67. The number of nitrogens with zero attached hydrogens (tertiary/aromatic N) is 2. The summed E-state index contributed by atoms with van der Waals surface area (Å²) >= 11 is -1.47. The van der Waals surface area contributed by atoms with Crippen LogP contribution >= 0.6 is 0 Å². The van der Waals surface area contributed by atoms with E-state index in [4.69, 9.17) is 0 Å². The van der Waals surface area contributed by atoms with Crippen molar-refractivity contribution in [2.75, 3.05) is 0 Å². The second-order valence-electron chi connectivity index (χ2n) is 15.4. The summed E-state index contributed by atoms with van der Waals surface area (Å²) in [6.45, 7) is 21.1. The number of rotatable bonds is 11. The molecule has 6 aromatic rings. The van der Waals surface area contributed by atoms with Crippen LogP contribution in [0.3, 0.4) is 0 Å². The molecule has 0 unspecified atom stereocenters. The third-order valence-electron chi connectivity index (χ3n) is 10.8. The van der Waals surface area contributed by atoms with Gasteiger partial charge in [0.25, 0.3) is 0 Å². The Balaban J connectivity index is 0.000000238. The first-order valence-electron chi connectivity index (χ1n) is 21.0. The van der Waals surface area contributed by atoms with Crippen LogP contribution < -0.4 is 4.98 Å². The maximum absolute atomic E-state index is 13.5. The molecule has 0 amide bonds. The molecule has 0 atom stereocenters. The number of hydrogen-bond donors (Lipinski definition) is 1. The molecule has 1 heterocycles. The van der Waals surface area contributed by atoms with Crippen molar-refractivity contribution in [1.82, 2.24) is 4.98 Å². The van der Waals surface area contributed by atoms with Crippen molar-refractivity contribution < 1.29 is 45.0 Å². The van der Waals surface area contributed by atoms with Gasteiger partial charge in [-0.2, -0.15) is 11.4 Å². The molecule has 1 N–H and O–H groups in total. The Morgan fingerprint density at radius 1 is 0.557 bits per heavy atom. The summed E-state index contributed by atoms with van der Waals surface area (Å²) in [5.74, 6) is -9.48. The maximum Gasteiger partial charge on any atom is 0.131 e. The number of phenolic OH excluding ortho intramolecular Hbond substituents is 1. The molecule has 0 bridgehead atoms. The van der Waals surface area contributed by atoms with Crippen molar-refractivity contribution in [3.8, 4) is 28.0 Å². The van der Waals surface area contributed by atoms with Gasteiger partial charge < -0.3 is 10.1 Å². The molecule has 0 aliphatic rings. The van der Waals surface area contributed by atoms with E-state index in [0.717, 1.165) is 66.6 Å². The van der Waals surface area contributed by atoms with Crippen LogP contribution in [0.4, 0.5) is 27.6 Å². The Bertz CT molecular complexity index is 2320.